The van der Waals surface area contributed by atoms with E-state index in [4.69, 9.17) is 0 Å². The van der Waals surface area contributed by atoms with Gasteiger partial charge in [-0.15, -0.1) is 11.3 Å². The van der Waals surface area contributed by atoms with Crippen molar-refractivity contribution in [2.75, 3.05) is 13.1 Å². The molecular formula is C17H20BrN3O2S. The molecule has 7 heteroatoms. The van der Waals surface area contributed by atoms with Crippen LogP contribution in [-0.4, -0.2) is 29.8 Å². The smallest absolute Gasteiger partial charge is 0.279 e. The van der Waals surface area contributed by atoms with Crippen molar-refractivity contribution in [2.24, 2.45) is 0 Å². The SMILES string of the molecule is CCN(CC)Cc1ccc(C(=O)NNC(=O)c2ccc(Br)s2)cc1. The van der Waals surface area contributed by atoms with E-state index < -0.39 is 0 Å². The lowest BCUT2D eigenvalue weighted by atomic mass is 10.1. The summed E-state index contributed by atoms with van der Waals surface area (Å²) in [5, 5.41) is 0. The first-order valence-corrected chi connectivity index (χ1v) is 9.31. The molecule has 0 atom stereocenters. The first-order chi connectivity index (χ1) is 11.5. The van der Waals surface area contributed by atoms with Crippen LogP contribution < -0.4 is 10.9 Å². The largest absolute Gasteiger partial charge is 0.300 e. The van der Waals surface area contributed by atoms with E-state index >= 15 is 0 Å². The first kappa shape index (κ1) is 18.6. The maximum atomic E-state index is 12.1. The molecule has 0 spiro atoms. The summed E-state index contributed by atoms with van der Waals surface area (Å²) in [6.45, 7) is 7.09. The highest BCUT2D eigenvalue weighted by Gasteiger charge is 2.11. The molecule has 0 aliphatic heterocycles. The highest BCUT2D eigenvalue weighted by molar-refractivity contribution is 9.11. The van der Waals surface area contributed by atoms with Crippen molar-refractivity contribution >= 4 is 39.1 Å². The Labute approximate surface area is 154 Å². The Morgan fingerprint density at radius 2 is 1.62 bits per heavy atom. The van der Waals surface area contributed by atoms with Crippen molar-refractivity contribution in [1.29, 1.82) is 0 Å². The van der Waals surface area contributed by atoms with E-state index in [1.165, 1.54) is 11.3 Å². The molecule has 2 rings (SSSR count). The van der Waals surface area contributed by atoms with Crippen LogP contribution >= 0.6 is 27.3 Å². The van der Waals surface area contributed by atoms with Crippen LogP contribution in [0, 0.1) is 0 Å². The van der Waals surface area contributed by atoms with Crippen LogP contribution in [0.2, 0.25) is 0 Å². The van der Waals surface area contributed by atoms with E-state index in [1.807, 2.05) is 12.1 Å². The summed E-state index contributed by atoms with van der Waals surface area (Å²) in [6, 6.07) is 10.9. The lowest BCUT2D eigenvalue weighted by Crippen LogP contribution is -2.41. The van der Waals surface area contributed by atoms with E-state index in [-0.39, 0.29) is 11.8 Å². The number of thiophene rings is 1. The minimum atomic E-state index is -0.339. The molecular weight excluding hydrogens is 390 g/mol. The van der Waals surface area contributed by atoms with Gasteiger partial charge in [-0.25, -0.2) is 0 Å². The van der Waals surface area contributed by atoms with Gasteiger partial charge in [-0.2, -0.15) is 0 Å². The Hall–Kier alpha value is -1.70. The van der Waals surface area contributed by atoms with Gasteiger partial charge in [0.15, 0.2) is 0 Å². The third-order valence-electron chi connectivity index (χ3n) is 3.60. The monoisotopic (exact) mass is 409 g/mol. The van der Waals surface area contributed by atoms with Crippen LogP contribution in [0.4, 0.5) is 0 Å². The van der Waals surface area contributed by atoms with Gasteiger partial charge in [-0.3, -0.25) is 25.3 Å². The summed E-state index contributed by atoms with van der Waals surface area (Å²) in [6.07, 6.45) is 0. The summed E-state index contributed by atoms with van der Waals surface area (Å²) >= 11 is 4.60. The summed E-state index contributed by atoms with van der Waals surface area (Å²) in [4.78, 5) is 26.8. The Morgan fingerprint density at radius 1 is 1.00 bits per heavy atom. The number of carbonyl (C=O) groups excluding carboxylic acids is 2. The molecule has 0 radical (unpaired) electrons. The van der Waals surface area contributed by atoms with E-state index in [1.54, 1.807) is 24.3 Å². The maximum absolute atomic E-state index is 12.1. The third kappa shape index (κ3) is 5.15. The molecule has 24 heavy (non-hydrogen) atoms. The number of hydrogen-bond acceptors (Lipinski definition) is 4. The number of halogens is 1. The zero-order valence-corrected chi connectivity index (χ0v) is 16.0. The zero-order chi connectivity index (χ0) is 17.5. The highest BCUT2D eigenvalue weighted by Crippen LogP contribution is 2.21. The Morgan fingerprint density at radius 3 is 2.17 bits per heavy atom. The van der Waals surface area contributed by atoms with Gasteiger partial charge in [0.05, 0.1) is 8.66 Å². The Bertz CT molecular complexity index is 696. The van der Waals surface area contributed by atoms with E-state index in [0.29, 0.717) is 10.4 Å². The molecule has 0 saturated heterocycles. The average molecular weight is 410 g/mol. The predicted molar refractivity (Wildman–Crippen MR) is 100 cm³/mol. The van der Waals surface area contributed by atoms with Crippen LogP contribution in [0.25, 0.3) is 0 Å². The molecule has 2 N–H and O–H groups in total. The van der Waals surface area contributed by atoms with Crippen molar-refractivity contribution in [3.63, 3.8) is 0 Å². The van der Waals surface area contributed by atoms with Crippen LogP contribution in [0.3, 0.4) is 0 Å². The Balaban J connectivity index is 1.89. The van der Waals surface area contributed by atoms with Gasteiger partial charge < -0.3 is 0 Å². The second-order valence-electron chi connectivity index (χ2n) is 5.17. The van der Waals surface area contributed by atoms with Crippen molar-refractivity contribution < 1.29 is 9.59 Å². The molecule has 0 bridgehead atoms. The molecule has 0 aliphatic carbocycles. The molecule has 1 aromatic carbocycles. The van der Waals surface area contributed by atoms with Gasteiger partial charge >= 0.3 is 0 Å². The number of carbonyl (C=O) groups is 2. The van der Waals surface area contributed by atoms with E-state index in [2.05, 4.69) is 45.5 Å². The summed E-state index contributed by atoms with van der Waals surface area (Å²) in [7, 11) is 0. The second-order valence-corrected chi connectivity index (χ2v) is 7.63. The number of nitrogens with zero attached hydrogens (tertiary/aromatic N) is 1. The fraction of sp³-hybridized carbons (Fsp3) is 0.294. The van der Waals surface area contributed by atoms with Crippen LogP contribution in [0.15, 0.2) is 40.2 Å². The van der Waals surface area contributed by atoms with Gasteiger partial charge in [-0.05, 0) is 58.8 Å². The second kappa shape index (κ2) is 8.96. The third-order valence-corrected chi connectivity index (χ3v) is 5.23. The van der Waals surface area contributed by atoms with Crippen molar-refractivity contribution in [3.8, 4) is 0 Å². The van der Waals surface area contributed by atoms with Gasteiger partial charge in [-0.1, -0.05) is 26.0 Å². The number of hydrazine groups is 1. The van der Waals surface area contributed by atoms with Crippen molar-refractivity contribution in [1.82, 2.24) is 15.8 Å². The Kier molecular flexibility index (Phi) is 6.96. The van der Waals surface area contributed by atoms with Crippen LogP contribution in [0.1, 0.15) is 39.4 Å². The van der Waals surface area contributed by atoms with Crippen molar-refractivity contribution in [3.05, 3.63) is 56.2 Å². The lowest BCUT2D eigenvalue weighted by molar-refractivity contribution is 0.0849. The highest BCUT2D eigenvalue weighted by atomic mass is 79.9. The lowest BCUT2D eigenvalue weighted by Gasteiger charge is -2.18. The fourth-order valence-electron chi connectivity index (χ4n) is 2.15. The summed E-state index contributed by atoms with van der Waals surface area (Å²) < 4.78 is 0.864. The standard InChI is InChI=1S/C17H20BrN3O2S/c1-3-21(4-2)11-12-5-7-13(8-6-12)16(22)19-20-17(23)14-9-10-15(18)24-14/h5-10H,3-4,11H2,1-2H3,(H,19,22)(H,20,23). The molecule has 128 valence electrons. The average Bonchev–Trinajstić information content (AvgIpc) is 3.04. The van der Waals surface area contributed by atoms with Crippen LogP contribution in [0.5, 0.6) is 0 Å². The summed E-state index contributed by atoms with van der Waals surface area (Å²) in [5.74, 6) is -0.675. The molecule has 0 fully saturated rings. The minimum Gasteiger partial charge on any atom is -0.300 e. The predicted octanol–water partition coefficient (Wildman–Crippen LogP) is 3.43. The maximum Gasteiger partial charge on any atom is 0.279 e. The molecule has 1 heterocycles. The topological polar surface area (TPSA) is 61.4 Å². The number of amides is 2. The quantitative estimate of drug-likeness (QED) is 0.718. The molecule has 0 unspecified atom stereocenters. The van der Waals surface area contributed by atoms with Gasteiger partial charge in [0.25, 0.3) is 11.8 Å². The first-order valence-electron chi connectivity index (χ1n) is 7.70. The molecule has 0 aliphatic rings. The molecule has 1 aromatic heterocycles. The minimum absolute atomic E-state index is 0.336. The number of rotatable bonds is 6. The molecule has 2 aromatic rings. The molecule has 5 nitrogen and oxygen atoms in total. The summed E-state index contributed by atoms with van der Waals surface area (Å²) in [5.41, 5.74) is 6.51. The molecule has 0 saturated carbocycles. The zero-order valence-electron chi connectivity index (χ0n) is 13.6. The fourth-order valence-corrected chi connectivity index (χ4v) is 3.43. The van der Waals surface area contributed by atoms with Gasteiger partial charge in [0.2, 0.25) is 0 Å². The molecule has 2 amide bonds. The number of benzene rings is 1. The van der Waals surface area contributed by atoms with E-state index in [0.717, 1.165) is 29.0 Å². The van der Waals surface area contributed by atoms with Gasteiger partial charge in [0, 0.05) is 12.1 Å². The number of hydrogen-bond donors (Lipinski definition) is 2. The van der Waals surface area contributed by atoms with Crippen LogP contribution in [-0.2, 0) is 6.54 Å². The number of nitrogens with one attached hydrogen (secondary N) is 2. The van der Waals surface area contributed by atoms with Gasteiger partial charge in [0.1, 0.15) is 0 Å². The van der Waals surface area contributed by atoms with E-state index in [9.17, 15) is 9.59 Å². The van der Waals surface area contributed by atoms with Crippen molar-refractivity contribution in [2.45, 2.75) is 20.4 Å². The normalized spacial score (nSPS) is 10.7.